The number of hydrogen-bond donors (Lipinski definition) is 2. The second-order valence-corrected chi connectivity index (χ2v) is 7.12. The Morgan fingerprint density at radius 1 is 1.23 bits per heavy atom. The first-order valence-electron chi connectivity index (χ1n) is 9.46. The molecule has 1 saturated heterocycles. The number of carbonyl (C=O) groups is 1. The Hall–Kier alpha value is -0.610. The number of nitrogens with one attached hydrogen (secondary N) is 2. The minimum Gasteiger partial charge on any atom is -0.469 e. The van der Waals surface area contributed by atoms with E-state index in [1.54, 1.807) is 7.05 Å². The van der Waals surface area contributed by atoms with Crippen LogP contribution in [0.3, 0.4) is 0 Å². The highest BCUT2D eigenvalue weighted by molar-refractivity contribution is 14.0. The third-order valence-electron chi connectivity index (χ3n) is 5.45. The van der Waals surface area contributed by atoms with Gasteiger partial charge < -0.3 is 20.1 Å². The summed E-state index contributed by atoms with van der Waals surface area (Å²) in [5, 5.41) is 6.73. The highest BCUT2D eigenvalue weighted by atomic mass is 127. The number of ether oxygens (including phenoxy) is 2. The normalized spacial score (nSPS) is 22.0. The van der Waals surface area contributed by atoms with Crippen LogP contribution in [0.4, 0.5) is 0 Å². The quantitative estimate of drug-likeness (QED) is 0.260. The van der Waals surface area contributed by atoms with Crippen molar-refractivity contribution in [3.63, 3.8) is 0 Å². The summed E-state index contributed by atoms with van der Waals surface area (Å²) in [4.78, 5) is 18.4. The standard InChI is InChI=1S/C18H34N4O3.HI/c1-15(16(23)24-3)13-20-17(19-2)21-14-18(7-5-4-6-8-18)22-9-11-25-12-10-22;/h15H,4-14H2,1-3H3,(H2,19,20,21);1H. The van der Waals surface area contributed by atoms with E-state index in [1.165, 1.54) is 39.2 Å². The fourth-order valence-electron chi connectivity index (χ4n) is 3.86. The van der Waals surface area contributed by atoms with E-state index in [4.69, 9.17) is 9.47 Å². The maximum Gasteiger partial charge on any atom is 0.310 e. The van der Waals surface area contributed by atoms with Gasteiger partial charge in [-0.1, -0.05) is 26.2 Å². The molecule has 8 heteroatoms. The molecule has 0 aromatic carbocycles. The summed E-state index contributed by atoms with van der Waals surface area (Å²) < 4.78 is 10.3. The van der Waals surface area contributed by atoms with Crippen LogP contribution < -0.4 is 10.6 Å². The SMILES string of the molecule is CN=C(NCC(C)C(=O)OC)NCC1(N2CCOCC2)CCCCC1.I. The van der Waals surface area contributed by atoms with Crippen LogP contribution >= 0.6 is 24.0 Å². The molecule has 26 heavy (non-hydrogen) atoms. The van der Waals surface area contributed by atoms with Crippen LogP contribution in [-0.4, -0.2) is 75.9 Å². The minimum absolute atomic E-state index is 0. The summed E-state index contributed by atoms with van der Waals surface area (Å²) in [6, 6.07) is 0. The molecule has 1 aliphatic heterocycles. The molecule has 0 aromatic rings. The van der Waals surface area contributed by atoms with E-state index < -0.39 is 0 Å². The second kappa shape index (κ2) is 12.0. The number of hydrogen-bond acceptors (Lipinski definition) is 5. The molecule has 0 bridgehead atoms. The predicted octanol–water partition coefficient (Wildman–Crippen LogP) is 1.61. The van der Waals surface area contributed by atoms with Crippen molar-refractivity contribution < 1.29 is 14.3 Å². The molecule has 0 radical (unpaired) electrons. The molecule has 2 aliphatic rings. The van der Waals surface area contributed by atoms with E-state index in [9.17, 15) is 4.79 Å². The first kappa shape index (κ1) is 23.4. The van der Waals surface area contributed by atoms with Gasteiger partial charge in [0.05, 0.1) is 26.2 Å². The Morgan fingerprint density at radius 3 is 2.46 bits per heavy atom. The second-order valence-electron chi connectivity index (χ2n) is 7.12. The molecule has 7 nitrogen and oxygen atoms in total. The summed E-state index contributed by atoms with van der Waals surface area (Å²) in [7, 11) is 3.18. The van der Waals surface area contributed by atoms with Gasteiger partial charge in [-0.15, -0.1) is 24.0 Å². The van der Waals surface area contributed by atoms with Gasteiger partial charge >= 0.3 is 5.97 Å². The predicted molar refractivity (Wildman–Crippen MR) is 114 cm³/mol. The molecule has 152 valence electrons. The number of aliphatic imine (C=N–C) groups is 1. The van der Waals surface area contributed by atoms with Gasteiger partial charge in [0.2, 0.25) is 0 Å². The van der Waals surface area contributed by atoms with E-state index in [0.717, 1.165) is 38.8 Å². The van der Waals surface area contributed by atoms with E-state index in [1.807, 2.05) is 6.92 Å². The van der Waals surface area contributed by atoms with Crippen molar-refractivity contribution in [3.8, 4) is 0 Å². The number of nitrogens with zero attached hydrogens (tertiary/aromatic N) is 2. The van der Waals surface area contributed by atoms with Crippen molar-refractivity contribution in [1.82, 2.24) is 15.5 Å². The Balaban J connectivity index is 0.00000338. The molecule has 0 amide bonds. The molecule has 2 rings (SSSR count). The average Bonchev–Trinajstić information content (AvgIpc) is 2.68. The largest absolute Gasteiger partial charge is 0.469 e. The fourth-order valence-corrected chi connectivity index (χ4v) is 3.86. The van der Waals surface area contributed by atoms with Crippen molar-refractivity contribution >= 4 is 35.9 Å². The van der Waals surface area contributed by atoms with Crippen LogP contribution in [-0.2, 0) is 14.3 Å². The van der Waals surface area contributed by atoms with Gasteiger partial charge in [0, 0.05) is 38.8 Å². The lowest BCUT2D eigenvalue weighted by Gasteiger charge is -2.48. The average molecular weight is 482 g/mol. The summed E-state index contributed by atoms with van der Waals surface area (Å²) >= 11 is 0. The molecule has 1 heterocycles. The van der Waals surface area contributed by atoms with Gasteiger partial charge in [0.25, 0.3) is 0 Å². The first-order valence-corrected chi connectivity index (χ1v) is 9.46. The zero-order valence-corrected chi connectivity index (χ0v) is 18.7. The summed E-state index contributed by atoms with van der Waals surface area (Å²) in [6.07, 6.45) is 6.33. The molecule has 1 atom stereocenters. The Labute approximate surface area is 174 Å². The van der Waals surface area contributed by atoms with Gasteiger partial charge in [-0.2, -0.15) is 0 Å². The van der Waals surface area contributed by atoms with Crippen LogP contribution in [0.25, 0.3) is 0 Å². The van der Waals surface area contributed by atoms with Crippen molar-refractivity contribution in [3.05, 3.63) is 0 Å². The topological polar surface area (TPSA) is 75.2 Å². The third kappa shape index (κ3) is 6.53. The summed E-state index contributed by atoms with van der Waals surface area (Å²) in [6.45, 7) is 6.90. The van der Waals surface area contributed by atoms with Crippen LogP contribution in [0.5, 0.6) is 0 Å². The summed E-state index contributed by atoms with van der Waals surface area (Å²) in [5.74, 6) is 0.334. The molecule has 2 N–H and O–H groups in total. The molecular formula is C18H35IN4O3. The van der Waals surface area contributed by atoms with Gasteiger partial charge in [0.1, 0.15) is 0 Å². The molecule has 2 fully saturated rings. The molecule has 1 aliphatic carbocycles. The highest BCUT2D eigenvalue weighted by Gasteiger charge is 2.38. The minimum atomic E-state index is -0.208. The molecule has 1 unspecified atom stereocenters. The number of carbonyl (C=O) groups excluding carboxylic acids is 1. The molecule has 1 saturated carbocycles. The third-order valence-corrected chi connectivity index (χ3v) is 5.45. The van der Waals surface area contributed by atoms with Crippen molar-refractivity contribution in [2.45, 2.75) is 44.6 Å². The van der Waals surface area contributed by atoms with Gasteiger partial charge in [-0.25, -0.2) is 0 Å². The van der Waals surface area contributed by atoms with Gasteiger partial charge in [-0.05, 0) is 12.8 Å². The number of guanidine groups is 1. The van der Waals surface area contributed by atoms with Crippen LogP contribution in [0.1, 0.15) is 39.0 Å². The zero-order valence-electron chi connectivity index (χ0n) is 16.4. The lowest BCUT2D eigenvalue weighted by molar-refractivity contribution is -0.144. The van der Waals surface area contributed by atoms with Crippen molar-refractivity contribution in [1.29, 1.82) is 0 Å². The zero-order chi connectivity index (χ0) is 18.1. The van der Waals surface area contributed by atoms with Gasteiger partial charge in [0.15, 0.2) is 5.96 Å². The van der Waals surface area contributed by atoms with Gasteiger partial charge in [-0.3, -0.25) is 14.7 Å². The number of esters is 1. The van der Waals surface area contributed by atoms with Crippen molar-refractivity contribution in [2.75, 3.05) is 53.6 Å². The number of halogens is 1. The van der Waals surface area contributed by atoms with Crippen LogP contribution in [0.15, 0.2) is 4.99 Å². The molecule has 0 spiro atoms. The van der Waals surface area contributed by atoms with E-state index in [-0.39, 0.29) is 41.4 Å². The number of morpholine rings is 1. The Kier molecular flexibility index (Phi) is 10.8. The molecular weight excluding hydrogens is 447 g/mol. The first-order chi connectivity index (χ1) is 12.1. The molecule has 0 aromatic heterocycles. The van der Waals surface area contributed by atoms with Crippen molar-refractivity contribution in [2.24, 2.45) is 10.9 Å². The fraction of sp³-hybridized carbons (Fsp3) is 0.889. The smallest absolute Gasteiger partial charge is 0.310 e. The number of methoxy groups -OCH3 is 1. The lowest BCUT2D eigenvalue weighted by atomic mass is 9.80. The monoisotopic (exact) mass is 482 g/mol. The Morgan fingerprint density at radius 2 is 1.88 bits per heavy atom. The van der Waals surface area contributed by atoms with E-state index in [0.29, 0.717) is 6.54 Å². The Bertz CT molecular complexity index is 450. The van der Waals surface area contributed by atoms with Crippen LogP contribution in [0.2, 0.25) is 0 Å². The highest BCUT2D eigenvalue weighted by Crippen LogP contribution is 2.33. The maximum atomic E-state index is 11.5. The van der Waals surface area contributed by atoms with Crippen LogP contribution in [0, 0.1) is 5.92 Å². The number of rotatable bonds is 6. The van der Waals surface area contributed by atoms with E-state index >= 15 is 0 Å². The van der Waals surface area contributed by atoms with E-state index in [2.05, 4.69) is 20.5 Å². The maximum absolute atomic E-state index is 11.5. The summed E-state index contributed by atoms with van der Waals surface area (Å²) in [5.41, 5.74) is 0.188. The lowest BCUT2D eigenvalue weighted by Crippen LogP contribution is -2.60.